The Morgan fingerprint density at radius 1 is 1.00 bits per heavy atom. The van der Waals surface area contributed by atoms with Crippen molar-refractivity contribution in [3.05, 3.63) is 54.1 Å². The van der Waals surface area contributed by atoms with Crippen molar-refractivity contribution in [2.75, 3.05) is 7.11 Å². The first-order valence-corrected chi connectivity index (χ1v) is 6.14. The lowest BCUT2D eigenvalue weighted by atomic mass is 10.2. The minimum absolute atomic E-state index is 0. The number of benzene rings is 2. The van der Waals surface area contributed by atoms with Gasteiger partial charge in [-0.15, -0.1) is 24.0 Å². The predicted octanol–water partition coefficient (Wildman–Crippen LogP) is 3.99. The molecule has 0 aliphatic carbocycles. The van der Waals surface area contributed by atoms with Crippen molar-refractivity contribution >= 4 is 41.8 Å². The summed E-state index contributed by atoms with van der Waals surface area (Å²) in [6, 6.07) is 14.6. The van der Waals surface area contributed by atoms with Gasteiger partial charge in [-0.25, -0.2) is 0 Å². The van der Waals surface area contributed by atoms with Crippen LogP contribution >= 0.6 is 24.0 Å². The van der Waals surface area contributed by atoms with Crippen molar-refractivity contribution in [3.63, 3.8) is 0 Å². The Balaban J connectivity index is 0.00000220. The maximum absolute atomic E-state index is 10.8. The smallest absolute Gasteiger partial charge is 0.308 e. The number of hydrogen-bond donors (Lipinski definition) is 0. The summed E-state index contributed by atoms with van der Waals surface area (Å²) in [6.45, 7) is 1.37. The van der Waals surface area contributed by atoms with Gasteiger partial charge in [0.1, 0.15) is 11.5 Å². The molecule has 0 saturated carbocycles. The molecule has 0 heterocycles. The zero-order valence-corrected chi connectivity index (χ0v) is 14.1. The van der Waals surface area contributed by atoms with Crippen molar-refractivity contribution < 1.29 is 14.3 Å². The molecule has 5 heteroatoms. The Hall–Kier alpha value is -1.89. The minimum atomic E-state index is -0.334. The van der Waals surface area contributed by atoms with Gasteiger partial charge < -0.3 is 9.47 Å². The van der Waals surface area contributed by atoms with Gasteiger partial charge in [0, 0.05) is 13.1 Å². The number of carbonyl (C=O) groups excluding carboxylic acids is 1. The molecule has 4 nitrogen and oxygen atoms in total. The molecule has 0 N–H and O–H groups in total. The number of ether oxygens (including phenoxy) is 2. The van der Waals surface area contributed by atoms with Crippen LogP contribution in [-0.2, 0) is 4.79 Å². The molecule has 0 saturated heterocycles. The summed E-state index contributed by atoms with van der Waals surface area (Å²) in [6.07, 6.45) is 1.76. The highest BCUT2D eigenvalue weighted by molar-refractivity contribution is 14.0. The van der Waals surface area contributed by atoms with E-state index in [0.29, 0.717) is 5.75 Å². The Bertz CT molecular complexity index is 606. The van der Waals surface area contributed by atoms with Crippen molar-refractivity contribution in [2.45, 2.75) is 6.92 Å². The van der Waals surface area contributed by atoms with Crippen LogP contribution < -0.4 is 9.47 Å². The molecule has 0 atom stereocenters. The van der Waals surface area contributed by atoms with Gasteiger partial charge in [-0.05, 0) is 54.1 Å². The Kier molecular flexibility index (Phi) is 6.87. The average molecular weight is 397 g/mol. The SMILES string of the molecule is COc1ccc(C=Nc2ccc(OC(C)=O)cc2)cc1.I. The van der Waals surface area contributed by atoms with E-state index in [2.05, 4.69) is 4.99 Å². The monoisotopic (exact) mass is 397 g/mol. The number of rotatable bonds is 4. The van der Waals surface area contributed by atoms with E-state index in [9.17, 15) is 4.79 Å². The molecule has 2 rings (SSSR count). The second kappa shape index (κ2) is 8.41. The third kappa shape index (κ3) is 5.55. The molecule has 110 valence electrons. The second-order valence-corrected chi connectivity index (χ2v) is 4.12. The molecule has 0 aromatic heterocycles. The standard InChI is InChI=1S/C16H15NO3.HI/c1-12(18)20-16-9-5-14(6-10-16)17-11-13-3-7-15(19-2)8-4-13;/h3-11H,1-2H3;1H. The fourth-order valence-corrected chi connectivity index (χ4v) is 1.61. The molecule has 21 heavy (non-hydrogen) atoms. The Morgan fingerprint density at radius 3 is 2.10 bits per heavy atom. The molecule has 0 spiro atoms. The number of hydrogen-bond acceptors (Lipinski definition) is 4. The topological polar surface area (TPSA) is 47.9 Å². The predicted molar refractivity (Wildman–Crippen MR) is 93.4 cm³/mol. The fourth-order valence-electron chi connectivity index (χ4n) is 1.61. The summed E-state index contributed by atoms with van der Waals surface area (Å²) < 4.78 is 10.0. The molecule has 2 aromatic carbocycles. The number of halogens is 1. The number of nitrogens with zero attached hydrogens (tertiary/aromatic N) is 1. The highest BCUT2D eigenvalue weighted by atomic mass is 127. The van der Waals surface area contributed by atoms with Gasteiger partial charge in [0.05, 0.1) is 12.8 Å². The van der Waals surface area contributed by atoms with Gasteiger partial charge in [0.15, 0.2) is 0 Å². The molecular weight excluding hydrogens is 381 g/mol. The van der Waals surface area contributed by atoms with Crippen molar-refractivity contribution in [1.82, 2.24) is 0 Å². The van der Waals surface area contributed by atoms with E-state index in [1.165, 1.54) is 6.92 Å². The summed E-state index contributed by atoms with van der Waals surface area (Å²) in [7, 11) is 1.63. The third-order valence-electron chi connectivity index (χ3n) is 2.58. The van der Waals surface area contributed by atoms with Crippen LogP contribution in [0.4, 0.5) is 5.69 Å². The summed E-state index contributed by atoms with van der Waals surface area (Å²) in [5, 5.41) is 0. The third-order valence-corrected chi connectivity index (χ3v) is 2.58. The average Bonchev–Trinajstić information content (AvgIpc) is 2.46. The normalized spacial score (nSPS) is 10.0. The van der Waals surface area contributed by atoms with Crippen LogP contribution in [0.2, 0.25) is 0 Å². The molecule has 0 amide bonds. The lowest BCUT2D eigenvalue weighted by Gasteiger charge is -2.01. The molecule has 0 unspecified atom stereocenters. The molecule has 0 radical (unpaired) electrons. The Labute approximate surface area is 140 Å². The second-order valence-electron chi connectivity index (χ2n) is 4.12. The lowest BCUT2D eigenvalue weighted by Crippen LogP contribution is -2.00. The van der Waals surface area contributed by atoms with E-state index >= 15 is 0 Å². The van der Waals surface area contributed by atoms with Gasteiger partial charge in [0.25, 0.3) is 0 Å². The van der Waals surface area contributed by atoms with E-state index < -0.39 is 0 Å². The van der Waals surface area contributed by atoms with Crippen LogP contribution in [0.5, 0.6) is 11.5 Å². The van der Waals surface area contributed by atoms with Crippen LogP contribution in [-0.4, -0.2) is 19.3 Å². The van der Waals surface area contributed by atoms with Gasteiger partial charge in [0.2, 0.25) is 0 Å². The number of methoxy groups -OCH3 is 1. The number of aliphatic imine (C=N–C) groups is 1. The quantitative estimate of drug-likeness (QED) is 0.339. The van der Waals surface area contributed by atoms with Crippen molar-refractivity contribution in [2.24, 2.45) is 4.99 Å². The summed E-state index contributed by atoms with van der Waals surface area (Å²) in [5.41, 5.74) is 1.77. The molecule has 0 aliphatic heterocycles. The van der Waals surface area contributed by atoms with E-state index in [0.717, 1.165) is 17.0 Å². The first-order valence-electron chi connectivity index (χ1n) is 6.14. The number of esters is 1. The van der Waals surface area contributed by atoms with E-state index in [4.69, 9.17) is 9.47 Å². The summed E-state index contributed by atoms with van der Waals surface area (Å²) >= 11 is 0. The Morgan fingerprint density at radius 2 is 1.57 bits per heavy atom. The lowest BCUT2D eigenvalue weighted by molar-refractivity contribution is -0.131. The summed E-state index contributed by atoms with van der Waals surface area (Å²) in [5.74, 6) is 0.994. The molecular formula is C16H16INO3. The van der Waals surface area contributed by atoms with Gasteiger partial charge in [-0.1, -0.05) is 0 Å². The maximum Gasteiger partial charge on any atom is 0.308 e. The van der Waals surface area contributed by atoms with Crippen LogP contribution in [0.3, 0.4) is 0 Å². The van der Waals surface area contributed by atoms with E-state index in [1.807, 2.05) is 24.3 Å². The zero-order chi connectivity index (χ0) is 14.4. The molecule has 0 bridgehead atoms. The van der Waals surface area contributed by atoms with Crippen molar-refractivity contribution in [3.8, 4) is 11.5 Å². The van der Waals surface area contributed by atoms with Gasteiger partial charge >= 0.3 is 5.97 Å². The van der Waals surface area contributed by atoms with E-state index in [1.54, 1.807) is 37.6 Å². The fraction of sp³-hybridized carbons (Fsp3) is 0.125. The largest absolute Gasteiger partial charge is 0.497 e. The van der Waals surface area contributed by atoms with Crippen LogP contribution in [0, 0.1) is 0 Å². The molecule has 0 aliphatic rings. The first kappa shape index (κ1) is 17.2. The van der Waals surface area contributed by atoms with Gasteiger partial charge in [-0.2, -0.15) is 0 Å². The van der Waals surface area contributed by atoms with Crippen LogP contribution in [0.25, 0.3) is 0 Å². The maximum atomic E-state index is 10.8. The zero-order valence-electron chi connectivity index (χ0n) is 11.8. The van der Waals surface area contributed by atoms with Crippen LogP contribution in [0.1, 0.15) is 12.5 Å². The molecule has 2 aromatic rings. The highest BCUT2D eigenvalue weighted by Crippen LogP contribution is 2.18. The van der Waals surface area contributed by atoms with Crippen molar-refractivity contribution in [1.29, 1.82) is 0 Å². The van der Waals surface area contributed by atoms with Gasteiger partial charge in [-0.3, -0.25) is 9.79 Å². The van der Waals surface area contributed by atoms with Crippen LogP contribution in [0.15, 0.2) is 53.5 Å². The summed E-state index contributed by atoms with van der Waals surface area (Å²) in [4.78, 5) is 15.1. The minimum Gasteiger partial charge on any atom is -0.497 e. The van der Waals surface area contributed by atoms with E-state index in [-0.39, 0.29) is 29.9 Å². The molecule has 0 fully saturated rings. The number of carbonyl (C=O) groups is 1. The highest BCUT2D eigenvalue weighted by Gasteiger charge is 1.97. The first-order chi connectivity index (χ1) is 9.67.